The van der Waals surface area contributed by atoms with Crippen LogP contribution in [0.3, 0.4) is 0 Å². The highest BCUT2D eigenvalue weighted by atomic mass is 14.9. The van der Waals surface area contributed by atoms with Gasteiger partial charge in [-0.1, -0.05) is 91.1 Å². The van der Waals surface area contributed by atoms with Crippen molar-refractivity contribution in [3.8, 4) is 0 Å². The van der Waals surface area contributed by atoms with Gasteiger partial charge < -0.3 is 5.32 Å². The molecule has 0 spiro atoms. The van der Waals surface area contributed by atoms with Gasteiger partial charge in [-0.2, -0.15) is 0 Å². The standard InChI is InChI=1S/C38H39N/c1-2-7-27(8-3-1)28-13-15-29(16-14-28)30-17-19-31(20-18-30)35-21-22-36(38-12-5-4-11-37(35)38)33-10-6-9-32(25-33)34-23-24-39-26-34/h1-4,6-11,13,15,17,19,25,34,39H,5,12,14,16,18,20-24,26H2. The Balaban J connectivity index is 1.16. The fourth-order valence-corrected chi connectivity index (χ4v) is 7.32. The van der Waals surface area contributed by atoms with E-state index in [1.54, 1.807) is 22.3 Å². The van der Waals surface area contributed by atoms with Crippen LogP contribution in [-0.4, -0.2) is 13.1 Å². The van der Waals surface area contributed by atoms with Crippen LogP contribution < -0.4 is 5.32 Å². The Morgan fingerprint density at radius 1 is 0.590 bits per heavy atom. The highest BCUT2D eigenvalue weighted by molar-refractivity contribution is 5.78. The Kier molecular flexibility index (Phi) is 6.93. The molecule has 7 rings (SSSR count). The molecular weight excluding hydrogens is 470 g/mol. The fourth-order valence-electron chi connectivity index (χ4n) is 7.32. The van der Waals surface area contributed by atoms with E-state index in [4.69, 9.17) is 0 Å². The summed E-state index contributed by atoms with van der Waals surface area (Å²) in [6.07, 6.45) is 25.0. The van der Waals surface area contributed by atoms with E-state index in [0.717, 1.165) is 51.6 Å². The molecule has 4 aliphatic carbocycles. The number of fused-ring (bicyclic) bond motifs is 1. The van der Waals surface area contributed by atoms with Crippen LogP contribution in [0.2, 0.25) is 0 Å². The van der Waals surface area contributed by atoms with Gasteiger partial charge in [-0.05, 0) is 132 Å². The zero-order valence-electron chi connectivity index (χ0n) is 23.0. The van der Waals surface area contributed by atoms with Gasteiger partial charge in [0.2, 0.25) is 0 Å². The van der Waals surface area contributed by atoms with E-state index in [1.165, 1.54) is 58.2 Å². The van der Waals surface area contributed by atoms with Gasteiger partial charge in [0, 0.05) is 6.54 Å². The lowest BCUT2D eigenvalue weighted by Crippen LogP contribution is -2.11. The molecule has 0 aromatic heterocycles. The van der Waals surface area contributed by atoms with Crippen molar-refractivity contribution in [3.63, 3.8) is 0 Å². The lowest BCUT2D eigenvalue weighted by atomic mass is 9.74. The van der Waals surface area contributed by atoms with Crippen molar-refractivity contribution in [2.75, 3.05) is 13.1 Å². The molecule has 1 unspecified atom stereocenters. The topological polar surface area (TPSA) is 12.0 Å². The van der Waals surface area contributed by atoms with Crippen molar-refractivity contribution >= 4 is 11.1 Å². The highest BCUT2D eigenvalue weighted by Crippen LogP contribution is 2.45. The van der Waals surface area contributed by atoms with Crippen LogP contribution in [0.15, 0.2) is 124 Å². The number of benzene rings is 2. The predicted molar refractivity (Wildman–Crippen MR) is 165 cm³/mol. The number of rotatable bonds is 5. The van der Waals surface area contributed by atoms with Crippen molar-refractivity contribution < 1.29 is 0 Å². The van der Waals surface area contributed by atoms with Gasteiger partial charge in [-0.25, -0.2) is 0 Å². The van der Waals surface area contributed by atoms with E-state index in [1.807, 2.05) is 0 Å². The molecule has 5 aliphatic rings. The first-order valence-corrected chi connectivity index (χ1v) is 15.1. The van der Waals surface area contributed by atoms with E-state index >= 15 is 0 Å². The second-order valence-corrected chi connectivity index (χ2v) is 11.7. The van der Waals surface area contributed by atoms with Crippen LogP contribution in [0.1, 0.15) is 80.4 Å². The summed E-state index contributed by atoms with van der Waals surface area (Å²) in [6, 6.07) is 20.3. The number of allylic oxidation sites excluding steroid dienone is 14. The summed E-state index contributed by atoms with van der Waals surface area (Å²) in [5, 5.41) is 3.54. The Hall–Kier alpha value is -3.42. The Bertz CT molecular complexity index is 1480. The molecular formula is C38H39N. The van der Waals surface area contributed by atoms with Gasteiger partial charge in [0.05, 0.1) is 0 Å². The monoisotopic (exact) mass is 509 g/mol. The smallest absolute Gasteiger partial charge is 0.00206 e. The Morgan fingerprint density at radius 2 is 1.31 bits per heavy atom. The molecule has 0 bridgehead atoms. The highest BCUT2D eigenvalue weighted by Gasteiger charge is 2.26. The number of nitrogens with one attached hydrogen (secondary N) is 1. The first kappa shape index (κ1) is 24.6. The third-order valence-electron chi connectivity index (χ3n) is 9.50. The predicted octanol–water partition coefficient (Wildman–Crippen LogP) is 9.41. The maximum Gasteiger partial charge on any atom is 0.00206 e. The maximum absolute atomic E-state index is 3.54. The largest absolute Gasteiger partial charge is 0.316 e. The molecule has 0 radical (unpaired) electrons. The van der Waals surface area contributed by atoms with Crippen LogP contribution >= 0.6 is 0 Å². The molecule has 2 aromatic rings. The molecule has 1 fully saturated rings. The molecule has 196 valence electrons. The first-order valence-electron chi connectivity index (χ1n) is 15.1. The van der Waals surface area contributed by atoms with Gasteiger partial charge in [-0.15, -0.1) is 0 Å². The van der Waals surface area contributed by atoms with Crippen LogP contribution in [0.25, 0.3) is 11.1 Å². The zero-order valence-corrected chi connectivity index (χ0v) is 23.0. The summed E-state index contributed by atoms with van der Waals surface area (Å²) in [7, 11) is 0. The SMILES string of the molecule is C1=CC2=C(C3=CC=C(C4=CC=C(c5ccccc5)CC4)CC3)CCC(c3cccc(C4CCNC4)c3)=C2CC1. The maximum atomic E-state index is 3.54. The second-order valence-electron chi connectivity index (χ2n) is 11.7. The Morgan fingerprint density at radius 3 is 2.05 bits per heavy atom. The number of hydrogen-bond donors (Lipinski definition) is 1. The molecule has 2 aromatic carbocycles. The van der Waals surface area contributed by atoms with E-state index in [0.29, 0.717) is 5.92 Å². The summed E-state index contributed by atoms with van der Waals surface area (Å²) in [6.45, 7) is 2.27. The van der Waals surface area contributed by atoms with Gasteiger partial charge in [0.15, 0.2) is 0 Å². The molecule has 1 nitrogen and oxygen atoms in total. The average Bonchev–Trinajstić information content (AvgIpc) is 3.57. The fraction of sp³-hybridized carbons (Fsp3) is 0.316. The third kappa shape index (κ3) is 5.01. The minimum absolute atomic E-state index is 0.670. The summed E-state index contributed by atoms with van der Waals surface area (Å²) < 4.78 is 0. The second kappa shape index (κ2) is 11.0. The molecule has 0 amide bonds. The average molecular weight is 510 g/mol. The molecule has 1 aliphatic heterocycles. The zero-order chi connectivity index (χ0) is 26.0. The van der Waals surface area contributed by atoms with Crippen molar-refractivity contribution in [3.05, 3.63) is 141 Å². The minimum Gasteiger partial charge on any atom is -0.316 e. The number of hydrogen-bond acceptors (Lipinski definition) is 1. The van der Waals surface area contributed by atoms with Crippen LogP contribution in [0, 0.1) is 0 Å². The summed E-state index contributed by atoms with van der Waals surface area (Å²) >= 11 is 0. The normalized spacial score (nSPS) is 23.2. The summed E-state index contributed by atoms with van der Waals surface area (Å²) in [5.74, 6) is 0.670. The van der Waals surface area contributed by atoms with Crippen molar-refractivity contribution in [1.82, 2.24) is 5.32 Å². The van der Waals surface area contributed by atoms with Gasteiger partial charge in [0.25, 0.3) is 0 Å². The van der Waals surface area contributed by atoms with E-state index in [-0.39, 0.29) is 0 Å². The molecule has 39 heavy (non-hydrogen) atoms. The summed E-state index contributed by atoms with van der Waals surface area (Å²) in [5.41, 5.74) is 16.8. The molecule has 1 heteroatoms. The molecule has 1 heterocycles. The minimum atomic E-state index is 0.670. The van der Waals surface area contributed by atoms with Gasteiger partial charge >= 0.3 is 0 Å². The lowest BCUT2D eigenvalue weighted by molar-refractivity contribution is 0.762. The van der Waals surface area contributed by atoms with Gasteiger partial charge in [0.1, 0.15) is 0 Å². The van der Waals surface area contributed by atoms with Crippen molar-refractivity contribution in [1.29, 1.82) is 0 Å². The van der Waals surface area contributed by atoms with Crippen LogP contribution in [0.4, 0.5) is 0 Å². The molecule has 1 N–H and O–H groups in total. The summed E-state index contributed by atoms with van der Waals surface area (Å²) in [4.78, 5) is 0. The molecule has 1 atom stereocenters. The van der Waals surface area contributed by atoms with Crippen molar-refractivity contribution in [2.24, 2.45) is 0 Å². The van der Waals surface area contributed by atoms with Crippen LogP contribution in [0.5, 0.6) is 0 Å². The lowest BCUT2D eigenvalue weighted by Gasteiger charge is -2.30. The van der Waals surface area contributed by atoms with Gasteiger partial charge in [-0.3, -0.25) is 0 Å². The quantitative estimate of drug-likeness (QED) is 0.423. The van der Waals surface area contributed by atoms with Crippen LogP contribution in [-0.2, 0) is 0 Å². The van der Waals surface area contributed by atoms with E-state index in [9.17, 15) is 0 Å². The molecule has 1 saturated heterocycles. The first-order chi connectivity index (χ1) is 19.3. The van der Waals surface area contributed by atoms with E-state index in [2.05, 4.69) is 96.4 Å². The van der Waals surface area contributed by atoms with Crippen molar-refractivity contribution in [2.45, 2.75) is 63.7 Å². The Labute approximate surface area is 234 Å². The third-order valence-corrected chi connectivity index (χ3v) is 9.50. The van der Waals surface area contributed by atoms with E-state index < -0.39 is 0 Å². The molecule has 0 saturated carbocycles.